The van der Waals surface area contributed by atoms with Crippen molar-refractivity contribution in [2.24, 2.45) is 7.05 Å². The molecule has 0 saturated heterocycles. The van der Waals surface area contributed by atoms with Crippen LogP contribution < -0.4 is 10.5 Å². The number of benzene rings is 1. The van der Waals surface area contributed by atoms with Crippen molar-refractivity contribution in [1.29, 1.82) is 0 Å². The van der Waals surface area contributed by atoms with E-state index in [-0.39, 0.29) is 0 Å². The van der Waals surface area contributed by atoms with Crippen molar-refractivity contribution >= 4 is 5.95 Å². The molecule has 1 heterocycles. The van der Waals surface area contributed by atoms with Crippen molar-refractivity contribution in [2.75, 3.05) is 12.3 Å². The molecule has 0 amide bonds. The molecule has 2 N–H and O–H groups in total. The standard InChI is InChI=1S/C13H18N4O/c1-3-4-9-18-11-7-5-10(6-8-11)12-15-13(14)17(2)16-12/h5-8H,3-4,9H2,1-2H3,(H2,14,15,16). The van der Waals surface area contributed by atoms with E-state index in [9.17, 15) is 0 Å². The molecule has 0 saturated carbocycles. The lowest BCUT2D eigenvalue weighted by molar-refractivity contribution is 0.309. The third-order valence-corrected chi connectivity index (χ3v) is 2.68. The second kappa shape index (κ2) is 5.53. The lowest BCUT2D eigenvalue weighted by Gasteiger charge is -2.05. The topological polar surface area (TPSA) is 66.0 Å². The molecule has 0 aliphatic rings. The maximum atomic E-state index is 5.65. The van der Waals surface area contributed by atoms with Gasteiger partial charge in [0.05, 0.1) is 6.61 Å². The number of hydrogen-bond donors (Lipinski definition) is 1. The van der Waals surface area contributed by atoms with E-state index in [0.29, 0.717) is 11.8 Å². The van der Waals surface area contributed by atoms with Gasteiger partial charge in [0.25, 0.3) is 0 Å². The number of aryl methyl sites for hydroxylation is 1. The van der Waals surface area contributed by atoms with E-state index in [0.717, 1.165) is 30.8 Å². The van der Waals surface area contributed by atoms with Gasteiger partial charge in [0.1, 0.15) is 5.75 Å². The molecule has 0 aliphatic carbocycles. The zero-order chi connectivity index (χ0) is 13.0. The van der Waals surface area contributed by atoms with Gasteiger partial charge in [0, 0.05) is 12.6 Å². The summed E-state index contributed by atoms with van der Waals surface area (Å²) < 4.78 is 7.15. The molecule has 1 aromatic carbocycles. The van der Waals surface area contributed by atoms with Crippen molar-refractivity contribution in [2.45, 2.75) is 19.8 Å². The van der Waals surface area contributed by atoms with E-state index in [2.05, 4.69) is 17.0 Å². The number of nitrogen functional groups attached to an aromatic ring is 1. The Morgan fingerprint density at radius 2 is 2.00 bits per heavy atom. The first-order valence-electron chi connectivity index (χ1n) is 6.10. The molecule has 1 aromatic heterocycles. The minimum atomic E-state index is 0.410. The van der Waals surface area contributed by atoms with Crippen LogP contribution in [-0.2, 0) is 7.05 Å². The highest BCUT2D eigenvalue weighted by Crippen LogP contribution is 2.20. The molecule has 0 atom stereocenters. The molecule has 18 heavy (non-hydrogen) atoms. The number of ether oxygens (including phenoxy) is 1. The average Bonchev–Trinajstić information content (AvgIpc) is 2.71. The summed E-state index contributed by atoms with van der Waals surface area (Å²) in [6.07, 6.45) is 2.20. The van der Waals surface area contributed by atoms with Crippen molar-refractivity contribution in [3.05, 3.63) is 24.3 Å². The first-order valence-corrected chi connectivity index (χ1v) is 6.10. The van der Waals surface area contributed by atoms with Crippen LogP contribution in [0.25, 0.3) is 11.4 Å². The summed E-state index contributed by atoms with van der Waals surface area (Å²) in [5.74, 6) is 1.92. The van der Waals surface area contributed by atoms with Gasteiger partial charge < -0.3 is 10.5 Å². The van der Waals surface area contributed by atoms with Crippen LogP contribution in [0.2, 0.25) is 0 Å². The normalized spacial score (nSPS) is 10.6. The average molecular weight is 246 g/mol. The second-order valence-electron chi connectivity index (χ2n) is 4.14. The first kappa shape index (κ1) is 12.4. The summed E-state index contributed by atoms with van der Waals surface area (Å²) in [4.78, 5) is 4.17. The molecule has 5 heteroatoms. The maximum Gasteiger partial charge on any atom is 0.218 e. The van der Waals surface area contributed by atoms with Gasteiger partial charge in [-0.05, 0) is 30.7 Å². The summed E-state index contributed by atoms with van der Waals surface area (Å²) in [6.45, 7) is 2.90. The Labute approximate surface area is 107 Å². The zero-order valence-electron chi connectivity index (χ0n) is 10.8. The molecular weight excluding hydrogens is 228 g/mol. The Morgan fingerprint density at radius 3 is 2.56 bits per heavy atom. The zero-order valence-corrected chi connectivity index (χ0v) is 10.8. The quantitative estimate of drug-likeness (QED) is 0.822. The smallest absolute Gasteiger partial charge is 0.218 e. The summed E-state index contributed by atoms with van der Waals surface area (Å²) in [7, 11) is 1.77. The highest BCUT2D eigenvalue weighted by Gasteiger charge is 2.06. The minimum absolute atomic E-state index is 0.410. The molecule has 0 radical (unpaired) electrons. The predicted molar refractivity (Wildman–Crippen MR) is 71.3 cm³/mol. The van der Waals surface area contributed by atoms with E-state index in [1.54, 1.807) is 11.7 Å². The molecule has 2 rings (SSSR count). The van der Waals surface area contributed by atoms with Gasteiger partial charge in [-0.1, -0.05) is 13.3 Å². The van der Waals surface area contributed by atoms with Crippen molar-refractivity contribution in [3.8, 4) is 17.1 Å². The SMILES string of the molecule is CCCCOc1ccc(-c2nc(N)n(C)n2)cc1. The van der Waals surface area contributed by atoms with Crippen LogP contribution in [0, 0.1) is 0 Å². The molecule has 0 aliphatic heterocycles. The van der Waals surface area contributed by atoms with Crippen LogP contribution in [0.4, 0.5) is 5.95 Å². The first-order chi connectivity index (χ1) is 8.70. The second-order valence-corrected chi connectivity index (χ2v) is 4.14. The van der Waals surface area contributed by atoms with E-state index in [4.69, 9.17) is 10.5 Å². The summed E-state index contributed by atoms with van der Waals surface area (Å²) in [6, 6.07) is 7.74. The Bertz CT molecular complexity index is 485. The Hall–Kier alpha value is -2.04. The molecule has 5 nitrogen and oxygen atoms in total. The molecular formula is C13H18N4O. The fourth-order valence-electron chi connectivity index (χ4n) is 1.55. The fourth-order valence-corrected chi connectivity index (χ4v) is 1.55. The summed E-state index contributed by atoms with van der Waals surface area (Å²) in [5, 5.41) is 4.23. The molecule has 96 valence electrons. The molecule has 0 bridgehead atoms. The van der Waals surface area contributed by atoms with E-state index < -0.39 is 0 Å². The Kier molecular flexibility index (Phi) is 3.82. The maximum absolute atomic E-state index is 5.65. The molecule has 0 spiro atoms. The molecule has 0 fully saturated rings. The monoisotopic (exact) mass is 246 g/mol. The number of anilines is 1. The minimum Gasteiger partial charge on any atom is -0.494 e. The van der Waals surface area contributed by atoms with Gasteiger partial charge in [-0.3, -0.25) is 0 Å². The predicted octanol–water partition coefficient (Wildman–Crippen LogP) is 2.24. The Balaban J connectivity index is 2.07. The largest absolute Gasteiger partial charge is 0.494 e. The van der Waals surface area contributed by atoms with Crippen molar-refractivity contribution in [1.82, 2.24) is 14.8 Å². The van der Waals surface area contributed by atoms with Gasteiger partial charge in [-0.2, -0.15) is 4.98 Å². The van der Waals surface area contributed by atoms with E-state index in [1.807, 2.05) is 24.3 Å². The number of aromatic nitrogens is 3. The molecule has 0 unspecified atom stereocenters. The van der Waals surface area contributed by atoms with Gasteiger partial charge in [0.2, 0.25) is 5.95 Å². The fraction of sp³-hybridized carbons (Fsp3) is 0.385. The number of rotatable bonds is 5. The number of nitrogens with two attached hydrogens (primary N) is 1. The number of unbranched alkanes of at least 4 members (excludes halogenated alkanes) is 1. The summed E-state index contributed by atoms with van der Waals surface area (Å²) >= 11 is 0. The van der Waals surface area contributed by atoms with Crippen LogP contribution in [-0.4, -0.2) is 21.4 Å². The van der Waals surface area contributed by atoms with E-state index >= 15 is 0 Å². The van der Waals surface area contributed by atoms with Crippen LogP contribution in [0.3, 0.4) is 0 Å². The van der Waals surface area contributed by atoms with Gasteiger partial charge in [0.15, 0.2) is 5.82 Å². The highest BCUT2D eigenvalue weighted by molar-refractivity contribution is 5.57. The van der Waals surface area contributed by atoms with Crippen LogP contribution in [0.15, 0.2) is 24.3 Å². The summed E-state index contributed by atoms with van der Waals surface area (Å²) in [5.41, 5.74) is 6.59. The van der Waals surface area contributed by atoms with Gasteiger partial charge in [-0.15, -0.1) is 5.10 Å². The number of hydrogen-bond acceptors (Lipinski definition) is 4. The number of nitrogens with zero attached hydrogens (tertiary/aromatic N) is 3. The van der Waals surface area contributed by atoms with Crippen molar-refractivity contribution in [3.63, 3.8) is 0 Å². The van der Waals surface area contributed by atoms with Crippen LogP contribution in [0.1, 0.15) is 19.8 Å². The highest BCUT2D eigenvalue weighted by atomic mass is 16.5. The third-order valence-electron chi connectivity index (χ3n) is 2.68. The molecule has 2 aromatic rings. The van der Waals surface area contributed by atoms with Gasteiger partial charge in [-0.25, -0.2) is 4.68 Å². The van der Waals surface area contributed by atoms with Gasteiger partial charge >= 0.3 is 0 Å². The lowest BCUT2D eigenvalue weighted by atomic mass is 10.2. The van der Waals surface area contributed by atoms with Crippen molar-refractivity contribution < 1.29 is 4.74 Å². The lowest BCUT2D eigenvalue weighted by Crippen LogP contribution is -1.97. The van der Waals surface area contributed by atoms with Crippen LogP contribution >= 0.6 is 0 Å². The Morgan fingerprint density at radius 1 is 1.28 bits per heavy atom. The van der Waals surface area contributed by atoms with E-state index in [1.165, 1.54) is 0 Å². The van der Waals surface area contributed by atoms with Crippen LogP contribution in [0.5, 0.6) is 5.75 Å². The third kappa shape index (κ3) is 2.80.